The molecule has 2 N–H and O–H groups in total. The average Bonchev–Trinajstić information content (AvgIpc) is 2.88. The van der Waals surface area contributed by atoms with Gasteiger partial charge in [-0.2, -0.15) is 0 Å². The molecule has 19 heavy (non-hydrogen) atoms. The Hall–Kier alpha value is -1.43. The van der Waals surface area contributed by atoms with Crippen LogP contribution < -0.4 is 0 Å². The Bertz CT molecular complexity index is 526. The predicted octanol–water partition coefficient (Wildman–Crippen LogP) is 0.876. The monoisotopic (exact) mass is 267 g/mol. The summed E-state index contributed by atoms with van der Waals surface area (Å²) in [6.07, 6.45) is 5.05. The fourth-order valence-electron chi connectivity index (χ4n) is 1.52. The summed E-state index contributed by atoms with van der Waals surface area (Å²) in [5.41, 5.74) is 1.57. The van der Waals surface area contributed by atoms with Gasteiger partial charge in [0.2, 0.25) is 0 Å². The summed E-state index contributed by atoms with van der Waals surface area (Å²) >= 11 is 0. The van der Waals surface area contributed by atoms with Crippen molar-refractivity contribution in [1.29, 1.82) is 0 Å². The molecule has 0 aliphatic carbocycles. The van der Waals surface area contributed by atoms with Crippen molar-refractivity contribution in [2.75, 3.05) is 0 Å². The molecular weight excluding hydrogens is 253 g/mol. The third-order valence-electron chi connectivity index (χ3n) is 2.45. The second kappa shape index (κ2) is 7.89. The van der Waals surface area contributed by atoms with Gasteiger partial charge in [0.1, 0.15) is 0 Å². The maximum atomic E-state index is 11.1. The normalized spacial score (nSPS) is 12.0. The number of carboxylic acid groups (broad SMARTS) is 1. The first-order chi connectivity index (χ1) is 8.75. The molecule has 1 aromatic heterocycles. The molecule has 0 radical (unpaired) electrons. The van der Waals surface area contributed by atoms with Crippen LogP contribution in [0.15, 0.2) is 47.8 Å². The maximum absolute atomic E-state index is 11.1. The molecule has 5 nitrogen and oxygen atoms in total. The summed E-state index contributed by atoms with van der Waals surface area (Å²) in [5.74, 6) is -0.954. The van der Waals surface area contributed by atoms with Gasteiger partial charge in [0.15, 0.2) is 6.04 Å². The molecule has 2 rings (SSSR count). The number of nitrogens with one attached hydrogen (secondary N) is 1. The van der Waals surface area contributed by atoms with E-state index in [1.54, 1.807) is 12.4 Å². The summed E-state index contributed by atoms with van der Waals surface area (Å²) in [6.45, 7) is 0. The number of aliphatic imine (C=N–C) groups is 1. The van der Waals surface area contributed by atoms with Crippen molar-refractivity contribution in [3.63, 3.8) is 0 Å². The van der Waals surface area contributed by atoms with Crippen LogP contribution in [0.5, 0.6) is 0 Å². The zero-order valence-electron chi connectivity index (χ0n) is 9.65. The number of carbonyl (C=O) groups is 1. The van der Waals surface area contributed by atoms with Crippen LogP contribution in [-0.4, -0.2) is 62.9 Å². The van der Waals surface area contributed by atoms with Crippen molar-refractivity contribution in [2.45, 2.75) is 12.5 Å². The molecule has 0 fully saturated rings. The van der Waals surface area contributed by atoms with Crippen LogP contribution in [0, 0.1) is 0 Å². The van der Waals surface area contributed by atoms with Gasteiger partial charge in [-0.05, 0) is 5.56 Å². The van der Waals surface area contributed by atoms with E-state index in [9.17, 15) is 4.79 Å². The van der Waals surface area contributed by atoms with Gasteiger partial charge in [0, 0.05) is 18.8 Å². The standard InChI is InChI=1S/C13H13N3O2.Na.H/c17-13(18)12(6-11-8-14-9-16-11)15-7-10-4-2-1-3-5-10;;/h1-5,7-9,12H,6H2,(H,14,16)(H,17,18);;. The summed E-state index contributed by atoms with van der Waals surface area (Å²) in [4.78, 5) is 22.0. The number of hydrogen-bond donors (Lipinski definition) is 2. The van der Waals surface area contributed by atoms with E-state index in [-0.39, 0.29) is 36.0 Å². The van der Waals surface area contributed by atoms with Crippen LogP contribution in [0.4, 0.5) is 0 Å². The van der Waals surface area contributed by atoms with Gasteiger partial charge in [-0.3, -0.25) is 4.99 Å². The Balaban J connectivity index is 0.00000180. The van der Waals surface area contributed by atoms with Crippen LogP contribution in [0.3, 0.4) is 0 Å². The zero-order chi connectivity index (χ0) is 12.8. The number of hydrogen-bond acceptors (Lipinski definition) is 3. The fourth-order valence-corrected chi connectivity index (χ4v) is 1.52. The number of carboxylic acids is 1. The van der Waals surface area contributed by atoms with Gasteiger partial charge in [-0.15, -0.1) is 0 Å². The summed E-state index contributed by atoms with van der Waals surface area (Å²) in [7, 11) is 0. The second-order valence-corrected chi connectivity index (χ2v) is 3.81. The number of aromatic nitrogens is 2. The van der Waals surface area contributed by atoms with Gasteiger partial charge in [0.25, 0.3) is 0 Å². The topological polar surface area (TPSA) is 78.3 Å². The summed E-state index contributed by atoms with van der Waals surface area (Å²) in [5, 5.41) is 9.10. The third-order valence-corrected chi connectivity index (χ3v) is 2.45. The van der Waals surface area contributed by atoms with E-state index in [0.717, 1.165) is 5.56 Å². The molecule has 0 saturated heterocycles. The number of H-pyrrole nitrogens is 1. The van der Waals surface area contributed by atoms with Gasteiger partial charge < -0.3 is 10.1 Å². The SMILES string of the molecule is O=C(O)C(Cc1c[nH]cn1)N=Cc1ccccc1.[NaH]. The number of imidazole rings is 1. The van der Waals surface area contributed by atoms with E-state index in [1.807, 2.05) is 30.3 Å². The molecule has 1 heterocycles. The summed E-state index contributed by atoms with van der Waals surface area (Å²) < 4.78 is 0. The number of nitrogens with zero attached hydrogens (tertiary/aromatic N) is 2. The number of rotatable bonds is 5. The van der Waals surface area contributed by atoms with Crippen molar-refractivity contribution in [3.05, 3.63) is 54.1 Å². The molecule has 1 atom stereocenters. The van der Waals surface area contributed by atoms with E-state index in [2.05, 4.69) is 15.0 Å². The van der Waals surface area contributed by atoms with Crippen LogP contribution >= 0.6 is 0 Å². The molecule has 2 aromatic rings. The molecule has 0 aliphatic heterocycles. The third kappa shape index (κ3) is 4.98. The molecule has 0 saturated carbocycles. The molecule has 94 valence electrons. The van der Waals surface area contributed by atoms with Crippen molar-refractivity contribution < 1.29 is 9.90 Å². The van der Waals surface area contributed by atoms with Crippen molar-refractivity contribution >= 4 is 41.7 Å². The van der Waals surface area contributed by atoms with E-state index in [1.165, 1.54) is 6.33 Å². The van der Waals surface area contributed by atoms with Gasteiger partial charge in [-0.1, -0.05) is 30.3 Å². The van der Waals surface area contributed by atoms with Crippen molar-refractivity contribution in [3.8, 4) is 0 Å². The zero-order valence-corrected chi connectivity index (χ0v) is 9.65. The minimum atomic E-state index is -0.954. The first-order valence-corrected chi connectivity index (χ1v) is 5.54. The molecule has 0 bridgehead atoms. The van der Waals surface area contributed by atoms with Gasteiger partial charge in [-0.25, -0.2) is 9.78 Å². The number of aliphatic carboxylic acids is 1. The molecule has 0 amide bonds. The number of aromatic amines is 1. The Morgan fingerprint density at radius 1 is 1.42 bits per heavy atom. The van der Waals surface area contributed by atoms with E-state index >= 15 is 0 Å². The first-order valence-electron chi connectivity index (χ1n) is 5.54. The second-order valence-electron chi connectivity index (χ2n) is 3.81. The molecule has 0 aliphatic rings. The Kier molecular flexibility index (Phi) is 6.49. The summed E-state index contributed by atoms with van der Waals surface area (Å²) in [6, 6.07) is 8.59. The molecule has 0 spiro atoms. The van der Waals surface area contributed by atoms with Gasteiger partial charge in [0.05, 0.1) is 12.0 Å². The average molecular weight is 267 g/mol. The molecular formula is C13H14N3NaO2. The molecule has 1 aromatic carbocycles. The van der Waals surface area contributed by atoms with Crippen molar-refractivity contribution in [1.82, 2.24) is 9.97 Å². The predicted molar refractivity (Wildman–Crippen MR) is 74.9 cm³/mol. The number of benzene rings is 1. The Labute approximate surface area is 133 Å². The van der Waals surface area contributed by atoms with Crippen molar-refractivity contribution in [2.24, 2.45) is 4.99 Å². The molecule has 6 heteroatoms. The Morgan fingerprint density at radius 2 is 2.16 bits per heavy atom. The van der Waals surface area contributed by atoms with E-state index in [0.29, 0.717) is 5.69 Å². The fraction of sp³-hybridized carbons (Fsp3) is 0.154. The van der Waals surface area contributed by atoms with Crippen LogP contribution in [0.1, 0.15) is 11.3 Å². The van der Waals surface area contributed by atoms with Crippen LogP contribution in [0.25, 0.3) is 0 Å². The van der Waals surface area contributed by atoms with Crippen LogP contribution in [0.2, 0.25) is 0 Å². The van der Waals surface area contributed by atoms with E-state index < -0.39 is 12.0 Å². The first kappa shape index (κ1) is 15.6. The molecule has 1 unspecified atom stereocenters. The van der Waals surface area contributed by atoms with Gasteiger partial charge >= 0.3 is 35.5 Å². The van der Waals surface area contributed by atoms with E-state index in [4.69, 9.17) is 5.11 Å². The quantitative estimate of drug-likeness (QED) is 0.623. The minimum absolute atomic E-state index is 0. The Morgan fingerprint density at radius 3 is 2.74 bits per heavy atom. The van der Waals surface area contributed by atoms with Crippen LogP contribution in [-0.2, 0) is 11.2 Å².